The summed E-state index contributed by atoms with van der Waals surface area (Å²) in [5, 5.41) is 16.7. The zero-order valence-electron chi connectivity index (χ0n) is 13.9. The summed E-state index contributed by atoms with van der Waals surface area (Å²) in [6.07, 6.45) is 0. The molecule has 1 aromatic heterocycles. The zero-order valence-corrected chi connectivity index (χ0v) is 13.9. The van der Waals surface area contributed by atoms with Gasteiger partial charge in [-0.05, 0) is 41.0 Å². The average Bonchev–Trinajstić information content (AvgIpc) is 3.19. The first-order valence-corrected chi connectivity index (χ1v) is 8.26. The van der Waals surface area contributed by atoms with Gasteiger partial charge in [0.25, 0.3) is 0 Å². The molecule has 0 bridgehead atoms. The van der Waals surface area contributed by atoms with Gasteiger partial charge in [0.05, 0.1) is 17.0 Å². The van der Waals surface area contributed by atoms with Crippen molar-refractivity contribution < 1.29 is 9.90 Å². The SMILES string of the molecule is O=C(O)c1cccc(-c2cccc(-c3cc(-c4ccccc4)[nH]n3)c2)c1. The molecule has 0 spiro atoms. The maximum atomic E-state index is 11.2. The van der Waals surface area contributed by atoms with Crippen LogP contribution < -0.4 is 0 Å². The van der Waals surface area contributed by atoms with Gasteiger partial charge in [0, 0.05) is 5.56 Å². The fourth-order valence-corrected chi connectivity index (χ4v) is 2.93. The number of carbonyl (C=O) groups is 1. The summed E-state index contributed by atoms with van der Waals surface area (Å²) in [6.45, 7) is 0. The molecule has 4 rings (SSSR count). The summed E-state index contributed by atoms with van der Waals surface area (Å²) in [5.74, 6) is -0.928. The molecule has 0 aliphatic heterocycles. The lowest BCUT2D eigenvalue weighted by molar-refractivity contribution is 0.0697. The number of H-pyrrole nitrogens is 1. The largest absolute Gasteiger partial charge is 0.478 e. The van der Waals surface area contributed by atoms with Crippen LogP contribution in [0.2, 0.25) is 0 Å². The number of aromatic nitrogens is 2. The van der Waals surface area contributed by atoms with Crippen molar-refractivity contribution in [3.05, 3.63) is 90.5 Å². The van der Waals surface area contributed by atoms with Crippen LogP contribution in [0.15, 0.2) is 84.9 Å². The zero-order chi connectivity index (χ0) is 17.9. The van der Waals surface area contributed by atoms with Crippen molar-refractivity contribution in [2.75, 3.05) is 0 Å². The number of aromatic carboxylic acids is 1. The van der Waals surface area contributed by atoms with Gasteiger partial charge in [0.2, 0.25) is 0 Å². The van der Waals surface area contributed by atoms with Crippen LogP contribution in [-0.2, 0) is 0 Å². The molecule has 126 valence electrons. The highest BCUT2D eigenvalue weighted by molar-refractivity contribution is 5.89. The van der Waals surface area contributed by atoms with Crippen LogP contribution in [-0.4, -0.2) is 21.3 Å². The topological polar surface area (TPSA) is 66.0 Å². The van der Waals surface area contributed by atoms with Gasteiger partial charge in [0.1, 0.15) is 0 Å². The minimum Gasteiger partial charge on any atom is -0.478 e. The van der Waals surface area contributed by atoms with E-state index in [-0.39, 0.29) is 5.56 Å². The molecule has 0 unspecified atom stereocenters. The second kappa shape index (κ2) is 6.69. The van der Waals surface area contributed by atoms with E-state index in [1.54, 1.807) is 18.2 Å². The van der Waals surface area contributed by atoms with Gasteiger partial charge in [-0.25, -0.2) is 4.79 Å². The van der Waals surface area contributed by atoms with Crippen LogP contribution in [0.3, 0.4) is 0 Å². The maximum Gasteiger partial charge on any atom is 0.335 e. The quantitative estimate of drug-likeness (QED) is 0.542. The van der Waals surface area contributed by atoms with Crippen LogP contribution in [0.25, 0.3) is 33.6 Å². The Morgan fingerprint density at radius 3 is 2.15 bits per heavy atom. The summed E-state index contributed by atoms with van der Waals surface area (Å²) in [7, 11) is 0. The fourth-order valence-electron chi connectivity index (χ4n) is 2.93. The van der Waals surface area contributed by atoms with E-state index < -0.39 is 5.97 Å². The average molecular weight is 340 g/mol. The molecule has 0 amide bonds. The summed E-state index contributed by atoms with van der Waals surface area (Å²) in [5.41, 5.74) is 5.96. The fraction of sp³-hybridized carbons (Fsp3) is 0. The molecule has 2 N–H and O–H groups in total. The third-order valence-electron chi connectivity index (χ3n) is 4.26. The van der Waals surface area contributed by atoms with Gasteiger partial charge < -0.3 is 5.11 Å². The smallest absolute Gasteiger partial charge is 0.335 e. The lowest BCUT2D eigenvalue weighted by atomic mass is 10.00. The first kappa shape index (κ1) is 15.8. The van der Waals surface area contributed by atoms with Crippen molar-refractivity contribution in [1.82, 2.24) is 10.2 Å². The van der Waals surface area contributed by atoms with Gasteiger partial charge in [-0.15, -0.1) is 0 Å². The van der Waals surface area contributed by atoms with Crippen molar-refractivity contribution >= 4 is 5.97 Å². The molecule has 3 aromatic carbocycles. The Balaban J connectivity index is 1.70. The molecule has 1 heterocycles. The van der Waals surface area contributed by atoms with Crippen LogP contribution in [0.4, 0.5) is 0 Å². The second-order valence-electron chi connectivity index (χ2n) is 6.00. The van der Waals surface area contributed by atoms with Crippen LogP contribution in [0.5, 0.6) is 0 Å². The molecule has 4 aromatic rings. The Hall–Kier alpha value is -3.66. The van der Waals surface area contributed by atoms with Gasteiger partial charge >= 0.3 is 5.97 Å². The van der Waals surface area contributed by atoms with Crippen molar-refractivity contribution in [2.45, 2.75) is 0 Å². The first-order valence-electron chi connectivity index (χ1n) is 8.26. The van der Waals surface area contributed by atoms with Crippen LogP contribution >= 0.6 is 0 Å². The number of aromatic amines is 1. The predicted molar refractivity (Wildman–Crippen MR) is 102 cm³/mol. The number of hydrogen-bond donors (Lipinski definition) is 2. The van der Waals surface area contributed by atoms with Crippen molar-refractivity contribution in [3.63, 3.8) is 0 Å². The Kier molecular flexibility index (Phi) is 4.07. The molecule has 0 atom stereocenters. The monoisotopic (exact) mass is 340 g/mol. The molecule has 0 saturated carbocycles. The highest BCUT2D eigenvalue weighted by atomic mass is 16.4. The Morgan fingerprint density at radius 2 is 1.38 bits per heavy atom. The Bertz CT molecular complexity index is 1070. The molecule has 0 saturated heterocycles. The molecule has 4 heteroatoms. The standard InChI is InChI=1S/C22H16N2O2/c25-22(26)19-11-5-9-17(13-19)16-8-4-10-18(12-16)21-14-20(23-24-21)15-6-2-1-3-7-15/h1-14H,(H,23,24)(H,25,26). The number of nitrogens with one attached hydrogen (secondary N) is 1. The predicted octanol–water partition coefficient (Wildman–Crippen LogP) is 5.11. The minimum absolute atomic E-state index is 0.277. The summed E-state index contributed by atoms with van der Waals surface area (Å²) in [6, 6.07) is 26.9. The van der Waals surface area contributed by atoms with Crippen LogP contribution in [0, 0.1) is 0 Å². The summed E-state index contributed by atoms with van der Waals surface area (Å²) >= 11 is 0. The van der Waals surface area contributed by atoms with E-state index in [1.807, 2.05) is 66.7 Å². The van der Waals surface area contributed by atoms with Gasteiger partial charge in [-0.1, -0.05) is 60.7 Å². The number of carboxylic acids is 1. The van der Waals surface area contributed by atoms with E-state index in [0.717, 1.165) is 33.6 Å². The number of carboxylic acid groups (broad SMARTS) is 1. The van der Waals surface area contributed by atoms with E-state index in [1.165, 1.54) is 0 Å². The molecule has 0 radical (unpaired) electrons. The Labute approximate surface area is 150 Å². The van der Waals surface area contributed by atoms with Gasteiger partial charge in [0.15, 0.2) is 0 Å². The summed E-state index contributed by atoms with van der Waals surface area (Å²) in [4.78, 5) is 11.2. The third kappa shape index (κ3) is 3.13. The normalized spacial score (nSPS) is 10.6. The van der Waals surface area contributed by atoms with E-state index in [0.29, 0.717) is 0 Å². The number of rotatable bonds is 4. The molecule has 4 nitrogen and oxygen atoms in total. The summed E-state index contributed by atoms with van der Waals surface area (Å²) < 4.78 is 0. The molecular formula is C22H16N2O2. The van der Waals surface area contributed by atoms with E-state index in [2.05, 4.69) is 10.2 Å². The van der Waals surface area contributed by atoms with Crippen molar-refractivity contribution in [1.29, 1.82) is 0 Å². The minimum atomic E-state index is -0.928. The lowest BCUT2D eigenvalue weighted by Gasteiger charge is -2.05. The molecule has 0 aliphatic carbocycles. The Morgan fingerprint density at radius 1 is 0.731 bits per heavy atom. The lowest BCUT2D eigenvalue weighted by Crippen LogP contribution is -1.95. The molecule has 26 heavy (non-hydrogen) atoms. The molecule has 0 fully saturated rings. The van der Waals surface area contributed by atoms with Crippen LogP contribution in [0.1, 0.15) is 10.4 Å². The third-order valence-corrected chi connectivity index (χ3v) is 4.26. The molecule has 0 aliphatic rings. The van der Waals surface area contributed by atoms with E-state index in [9.17, 15) is 9.90 Å². The first-order chi connectivity index (χ1) is 12.7. The maximum absolute atomic E-state index is 11.2. The highest BCUT2D eigenvalue weighted by Gasteiger charge is 2.09. The number of nitrogens with zero attached hydrogens (tertiary/aromatic N) is 1. The van der Waals surface area contributed by atoms with Crippen molar-refractivity contribution in [2.24, 2.45) is 0 Å². The van der Waals surface area contributed by atoms with Crippen molar-refractivity contribution in [3.8, 4) is 33.6 Å². The van der Waals surface area contributed by atoms with Gasteiger partial charge in [-0.3, -0.25) is 5.10 Å². The highest BCUT2D eigenvalue weighted by Crippen LogP contribution is 2.28. The van der Waals surface area contributed by atoms with E-state index in [4.69, 9.17) is 0 Å². The van der Waals surface area contributed by atoms with E-state index >= 15 is 0 Å². The number of hydrogen-bond acceptors (Lipinski definition) is 2. The second-order valence-corrected chi connectivity index (χ2v) is 6.00. The number of benzene rings is 3. The van der Waals surface area contributed by atoms with Gasteiger partial charge in [-0.2, -0.15) is 5.10 Å². The molecular weight excluding hydrogens is 324 g/mol.